The molecule has 2 N–H and O–H groups in total. The number of aryl methyl sites for hydroxylation is 1. The lowest BCUT2D eigenvalue weighted by Gasteiger charge is -2.08. The van der Waals surface area contributed by atoms with Crippen LogP contribution in [0.3, 0.4) is 0 Å². The third-order valence-corrected chi connectivity index (χ3v) is 8.51. The second kappa shape index (κ2) is 9.88. The van der Waals surface area contributed by atoms with Gasteiger partial charge in [0.15, 0.2) is 0 Å². The molecule has 0 unspecified atom stereocenters. The van der Waals surface area contributed by atoms with E-state index in [1.807, 2.05) is 18.5 Å². The average molecular weight is 648 g/mol. The fourth-order valence-corrected chi connectivity index (χ4v) is 6.23. The number of hydrogen-bond acceptors (Lipinski definition) is 2. The van der Waals surface area contributed by atoms with E-state index in [9.17, 15) is 0 Å². The Morgan fingerprint density at radius 3 is 2.48 bits per heavy atom. The van der Waals surface area contributed by atoms with Gasteiger partial charge in [0, 0.05) is 48.6 Å². The Hall–Kier alpha value is -4.00. The summed E-state index contributed by atoms with van der Waals surface area (Å²) in [6.45, 7) is 4.18. The molecule has 0 amide bonds. The van der Waals surface area contributed by atoms with E-state index in [2.05, 4.69) is 135 Å². The molecule has 0 fully saturated rings. The molecule has 0 aliphatic rings. The van der Waals surface area contributed by atoms with E-state index in [0.29, 0.717) is 0 Å². The standard InChI is InChI=1S/C34H24Br2N4/c1-3-20(27-14-21(35)9-8-19(27)2)17-37-23-11-12-26-28(16-23)24-6-4-5-7-25(24)32-33(26)40-34(39-32)30-18-38-31-13-10-22(36)15-29(30)31/h3-18,38H,1-2H3,(H,39,40)/b20-3-,37-17?. The van der Waals surface area contributed by atoms with E-state index in [4.69, 9.17) is 9.98 Å². The zero-order valence-corrected chi connectivity index (χ0v) is 25.1. The van der Waals surface area contributed by atoms with Crippen molar-refractivity contribution < 1.29 is 0 Å². The third-order valence-electron chi connectivity index (χ3n) is 7.52. The van der Waals surface area contributed by atoms with Crippen molar-refractivity contribution in [1.82, 2.24) is 15.0 Å². The summed E-state index contributed by atoms with van der Waals surface area (Å²) in [5.74, 6) is 0.848. The number of nitrogens with one attached hydrogen (secondary N) is 2. The molecule has 40 heavy (non-hydrogen) atoms. The highest BCUT2D eigenvalue weighted by molar-refractivity contribution is 9.10. The summed E-state index contributed by atoms with van der Waals surface area (Å²) in [4.78, 5) is 17.1. The van der Waals surface area contributed by atoms with Crippen LogP contribution in [0.15, 0.2) is 105 Å². The fourth-order valence-electron chi connectivity index (χ4n) is 5.51. The Balaban J connectivity index is 1.38. The second-order valence-electron chi connectivity index (χ2n) is 9.94. The molecular formula is C34H24Br2N4. The summed E-state index contributed by atoms with van der Waals surface area (Å²) < 4.78 is 2.10. The number of imidazole rings is 1. The van der Waals surface area contributed by atoms with Gasteiger partial charge < -0.3 is 9.97 Å². The maximum Gasteiger partial charge on any atom is 0.140 e. The Morgan fingerprint density at radius 2 is 1.62 bits per heavy atom. The number of hydrogen-bond donors (Lipinski definition) is 2. The van der Waals surface area contributed by atoms with E-state index >= 15 is 0 Å². The van der Waals surface area contributed by atoms with E-state index in [1.165, 1.54) is 11.1 Å². The normalized spacial score (nSPS) is 12.6. The van der Waals surface area contributed by atoms with Gasteiger partial charge in [-0.25, -0.2) is 4.98 Å². The lowest BCUT2D eigenvalue weighted by atomic mass is 9.99. The van der Waals surface area contributed by atoms with Crippen LogP contribution in [-0.4, -0.2) is 21.2 Å². The van der Waals surface area contributed by atoms with Gasteiger partial charge in [-0.15, -0.1) is 0 Å². The maximum atomic E-state index is 5.12. The molecule has 0 bridgehead atoms. The number of allylic oxidation sites excluding steroid dienone is 2. The topological polar surface area (TPSA) is 56.8 Å². The minimum absolute atomic E-state index is 0.848. The molecule has 0 aliphatic carbocycles. The van der Waals surface area contributed by atoms with E-state index in [0.717, 1.165) is 75.1 Å². The van der Waals surface area contributed by atoms with Crippen LogP contribution in [0.5, 0.6) is 0 Å². The van der Waals surface area contributed by atoms with Crippen LogP contribution in [0.1, 0.15) is 18.1 Å². The number of aromatic amines is 2. The molecule has 0 saturated heterocycles. The van der Waals surface area contributed by atoms with Gasteiger partial charge in [0.05, 0.1) is 16.7 Å². The molecule has 0 spiro atoms. The number of benzene rings is 5. The first-order valence-electron chi connectivity index (χ1n) is 13.1. The van der Waals surface area contributed by atoms with Gasteiger partial charge in [-0.3, -0.25) is 4.99 Å². The van der Waals surface area contributed by atoms with Crippen molar-refractivity contribution in [3.05, 3.63) is 111 Å². The van der Waals surface area contributed by atoms with Gasteiger partial charge in [0.25, 0.3) is 0 Å². The number of rotatable bonds is 4. The minimum Gasteiger partial charge on any atom is -0.360 e. The quantitative estimate of drug-likeness (QED) is 0.145. The van der Waals surface area contributed by atoms with Crippen LogP contribution in [0.4, 0.5) is 5.69 Å². The second-order valence-corrected chi connectivity index (χ2v) is 11.8. The van der Waals surface area contributed by atoms with Crippen LogP contribution in [0.2, 0.25) is 0 Å². The largest absolute Gasteiger partial charge is 0.360 e. The number of nitrogens with zero attached hydrogens (tertiary/aromatic N) is 2. The van der Waals surface area contributed by atoms with Gasteiger partial charge in [0.2, 0.25) is 0 Å². The molecule has 194 valence electrons. The lowest BCUT2D eigenvalue weighted by Crippen LogP contribution is -1.90. The summed E-state index contributed by atoms with van der Waals surface area (Å²) in [6.07, 6.45) is 6.09. The van der Waals surface area contributed by atoms with E-state index in [1.54, 1.807) is 0 Å². The Kier molecular flexibility index (Phi) is 6.17. The number of aliphatic imine (C=N–C) groups is 1. The minimum atomic E-state index is 0.848. The average Bonchev–Trinajstić information content (AvgIpc) is 3.60. The first kappa shape index (κ1) is 25.0. The predicted molar refractivity (Wildman–Crippen MR) is 177 cm³/mol. The van der Waals surface area contributed by atoms with Gasteiger partial charge in [-0.1, -0.05) is 74.3 Å². The summed E-state index contributed by atoms with van der Waals surface area (Å²) in [6, 6.07) is 27.5. The van der Waals surface area contributed by atoms with Gasteiger partial charge in [-0.05, 0) is 83.8 Å². The van der Waals surface area contributed by atoms with Crippen molar-refractivity contribution in [1.29, 1.82) is 0 Å². The number of fused-ring (bicyclic) bond motifs is 7. The van der Waals surface area contributed by atoms with Crippen molar-refractivity contribution in [2.45, 2.75) is 13.8 Å². The lowest BCUT2D eigenvalue weighted by molar-refractivity contribution is 1.34. The molecular weight excluding hydrogens is 624 g/mol. The van der Waals surface area contributed by atoms with Gasteiger partial charge >= 0.3 is 0 Å². The van der Waals surface area contributed by atoms with Crippen molar-refractivity contribution in [3.8, 4) is 11.4 Å². The molecule has 6 heteroatoms. The fraction of sp³-hybridized carbons (Fsp3) is 0.0588. The predicted octanol–water partition coefficient (Wildman–Crippen LogP) is 10.7. The molecule has 0 atom stereocenters. The Bertz CT molecular complexity index is 2160. The molecule has 0 saturated carbocycles. The number of halogens is 2. The molecule has 5 aromatic carbocycles. The first-order valence-corrected chi connectivity index (χ1v) is 14.7. The summed E-state index contributed by atoms with van der Waals surface area (Å²) in [5, 5.41) is 5.68. The van der Waals surface area contributed by atoms with E-state index in [-0.39, 0.29) is 0 Å². The van der Waals surface area contributed by atoms with Crippen molar-refractivity contribution in [2.24, 2.45) is 4.99 Å². The summed E-state index contributed by atoms with van der Waals surface area (Å²) in [5.41, 5.74) is 8.51. The molecule has 0 aliphatic heterocycles. The Morgan fingerprint density at radius 1 is 0.825 bits per heavy atom. The van der Waals surface area contributed by atoms with Crippen LogP contribution in [0, 0.1) is 6.92 Å². The molecule has 2 heterocycles. The monoisotopic (exact) mass is 646 g/mol. The molecule has 4 nitrogen and oxygen atoms in total. The third kappa shape index (κ3) is 4.19. The van der Waals surface area contributed by atoms with Crippen molar-refractivity contribution in [2.75, 3.05) is 0 Å². The summed E-state index contributed by atoms with van der Waals surface area (Å²) in [7, 11) is 0. The van der Waals surface area contributed by atoms with Crippen LogP contribution < -0.4 is 0 Å². The van der Waals surface area contributed by atoms with Crippen LogP contribution >= 0.6 is 31.9 Å². The highest BCUT2D eigenvalue weighted by Gasteiger charge is 2.16. The molecule has 7 rings (SSSR count). The van der Waals surface area contributed by atoms with Crippen LogP contribution in [0.25, 0.3) is 60.4 Å². The molecule has 2 aromatic heterocycles. The summed E-state index contributed by atoms with van der Waals surface area (Å²) >= 11 is 7.22. The SMILES string of the molecule is C/C=C(/C=Nc1ccc2c(c1)c1ccccc1c1nc(-c3c[nH]c4ccc(Br)cc34)[nH]c21)c1cc(Br)ccc1C. The van der Waals surface area contributed by atoms with Crippen LogP contribution in [-0.2, 0) is 0 Å². The zero-order valence-electron chi connectivity index (χ0n) is 21.9. The van der Waals surface area contributed by atoms with Gasteiger partial charge in [0.1, 0.15) is 5.82 Å². The highest BCUT2D eigenvalue weighted by Crippen LogP contribution is 2.38. The number of H-pyrrole nitrogens is 2. The highest BCUT2D eigenvalue weighted by atomic mass is 79.9. The molecule has 0 radical (unpaired) electrons. The molecule has 7 aromatic rings. The zero-order chi connectivity index (χ0) is 27.4. The smallest absolute Gasteiger partial charge is 0.140 e. The van der Waals surface area contributed by atoms with E-state index < -0.39 is 0 Å². The van der Waals surface area contributed by atoms with Crippen molar-refractivity contribution >= 4 is 92.8 Å². The van der Waals surface area contributed by atoms with Crippen molar-refractivity contribution in [3.63, 3.8) is 0 Å². The van der Waals surface area contributed by atoms with Gasteiger partial charge in [-0.2, -0.15) is 0 Å². The number of aromatic nitrogens is 3. The maximum absolute atomic E-state index is 5.12. The first-order chi connectivity index (χ1) is 19.5. The Labute approximate surface area is 248 Å².